The molecule has 0 spiro atoms. The summed E-state index contributed by atoms with van der Waals surface area (Å²) in [5, 5.41) is 10.6. The number of carboxylic acids is 1. The normalized spacial score (nSPS) is 17.2. The van der Waals surface area contributed by atoms with Crippen molar-refractivity contribution in [1.29, 1.82) is 0 Å². The van der Waals surface area contributed by atoms with E-state index in [-0.39, 0.29) is 10.5 Å². The van der Waals surface area contributed by atoms with Gasteiger partial charge in [0.25, 0.3) is 0 Å². The molecule has 0 amide bonds. The molecule has 0 unspecified atom stereocenters. The molecule has 0 saturated heterocycles. The summed E-state index contributed by atoms with van der Waals surface area (Å²) < 4.78 is 23.9. The minimum Gasteiger partial charge on any atom is -0.481 e. The van der Waals surface area contributed by atoms with Crippen molar-refractivity contribution in [3.63, 3.8) is 0 Å². The van der Waals surface area contributed by atoms with E-state index < -0.39 is 21.2 Å². The van der Waals surface area contributed by atoms with E-state index in [1.165, 1.54) is 32.0 Å². The molecule has 1 N–H and O–H groups in total. The van der Waals surface area contributed by atoms with Crippen LogP contribution in [0.4, 0.5) is 0 Å². The van der Waals surface area contributed by atoms with Gasteiger partial charge in [0.2, 0.25) is 9.84 Å². The van der Waals surface area contributed by atoms with Crippen molar-refractivity contribution in [2.75, 3.05) is 0 Å². The molecule has 0 fully saturated rings. The zero-order valence-electron chi connectivity index (χ0n) is 9.77. The third-order valence-electron chi connectivity index (χ3n) is 3.02. The second kappa shape index (κ2) is 3.83. The van der Waals surface area contributed by atoms with Gasteiger partial charge in [0.05, 0.1) is 10.3 Å². The summed E-state index contributed by atoms with van der Waals surface area (Å²) in [6, 6.07) is 4.36. The molecule has 1 aromatic carbocycles. The number of aliphatic carboxylic acids is 1. The van der Waals surface area contributed by atoms with Gasteiger partial charge in [0.1, 0.15) is 0 Å². The molecule has 1 aromatic rings. The molecule has 0 atom stereocenters. The first kappa shape index (κ1) is 13.1. The van der Waals surface area contributed by atoms with Crippen molar-refractivity contribution < 1.29 is 18.3 Å². The maximum absolute atomic E-state index is 11.9. The molecule has 0 radical (unpaired) electrons. The molecule has 0 saturated carbocycles. The lowest BCUT2D eigenvalue weighted by atomic mass is 9.81. The minimum absolute atomic E-state index is 0.108. The van der Waals surface area contributed by atoms with Crippen LogP contribution >= 0.6 is 11.6 Å². The van der Waals surface area contributed by atoms with Crippen LogP contribution < -0.4 is 0 Å². The van der Waals surface area contributed by atoms with E-state index in [9.17, 15) is 18.3 Å². The Bertz CT molecular complexity index is 671. The van der Waals surface area contributed by atoms with Crippen LogP contribution in [0.3, 0.4) is 0 Å². The second-order valence-corrected chi connectivity index (χ2v) is 6.85. The van der Waals surface area contributed by atoms with Gasteiger partial charge >= 0.3 is 5.97 Å². The van der Waals surface area contributed by atoms with E-state index in [0.717, 1.165) is 5.41 Å². The van der Waals surface area contributed by atoms with Crippen LogP contribution in [-0.2, 0) is 14.6 Å². The van der Waals surface area contributed by atoms with Crippen LogP contribution in [0, 0.1) is 5.41 Å². The fraction of sp³-hybridized carbons (Fsp3) is 0.250. The molecule has 1 aliphatic heterocycles. The van der Waals surface area contributed by atoms with E-state index in [2.05, 4.69) is 0 Å². The highest BCUT2D eigenvalue weighted by molar-refractivity contribution is 7.95. The number of carboxylic acid groups (broad SMARTS) is 1. The van der Waals surface area contributed by atoms with Crippen LogP contribution in [0.25, 0.3) is 5.57 Å². The largest absolute Gasteiger partial charge is 0.481 e. The fourth-order valence-corrected chi connectivity index (χ4v) is 3.61. The average Bonchev–Trinajstić information content (AvgIpc) is 2.50. The van der Waals surface area contributed by atoms with Crippen molar-refractivity contribution >= 4 is 33.0 Å². The molecule has 2 rings (SSSR count). The van der Waals surface area contributed by atoms with Gasteiger partial charge in [-0.05, 0) is 43.2 Å². The molecular weight excluding hydrogens is 276 g/mol. The topological polar surface area (TPSA) is 71.4 Å². The summed E-state index contributed by atoms with van der Waals surface area (Å²) in [7, 11) is -3.57. The Morgan fingerprint density at radius 2 is 1.94 bits per heavy atom. The van der Waals surface area contributed by atoms with E-state index >= 15 is 0 Å². The van der Waals surface area contributed by atoms with Gasteiger partial charge in [-0.2, -0.15) is 0 Å². The zero-order valence-corrected chi connectivity index (χ0v) is 11.3. The predicted molar refractivity (Wildman–Crippen MR) is 68.0 cm³/mol. The number of rotatable bonds is 2. The molecule has 1 aliphatic rings. The lowest BCUT2D eigenvalue weighted by molar-refractivity contribution is -0.143. The Kier molecular flexibility index (Phi) is 2.79. The molecule has 0 aromatic heterocycles. The van der Waals surface area contributed by atoms with Crippen molar-refractivity contribution in [2.24, 2.45) is 5.41 Å². The molecule has 18 heavy (non-hydrogen) atoms. The predicted octanol–water partition coefficient (Wildman–Crippen LogP) is 2.58. The summed E-state index contributed by atoms with van der Waals surface area (Å²) in [5.41, 5.74) is -0.661. The summed E-state index contributed by atoms with van der Waals surface area (Å²) in [6.45, 7) is 2.93. The summed E-state index contributed by atoms with van der Waals surface area (Å²) in [5.74, 6) is -1.09. The van der Waals surface area contributed by atoms with Crippen LogP contribution in [0.15, 0.2) is 28.5 Å². The van der Waals surface area contributed by atoms with Crippen molar-refractivity contribution in [1.82, 2.24) is 0 Å². The van der Waals surface area contributed by atoms with E-state index in [4.69, 9.17) is 11.6 Å². The Hall–Kier alpha value is -1.33. The lowest BCUT2D eigenvalue weighted by Gasteiger charge is -2.21. The van der Waals surface area contributed by atoms with Gasteiger partial charge in [-0.3, -0.25) is 4.79 Å². The number of hydrogen-bond acceptors (Lipinski definition) is 3. The number of sulfone groups is 1. The Labute approximate surface area is 110 Å². The number of carbonyl (C=O) groups is 1. The van der Waals surface area contributed by atoms with E-state index in [0.29, 0.717) is 10.6 Å². The van der Waals surface area contributed by atoms with Gasteiger partial charge in [0, 0.05) is 10.4 Å². The SMILES string of the molecule is CC(C)(C(=O)O)C1=CS(=O)(=O)c2ccc(Cl)cc21. The van der Waals surface area contributed by atoms with E-state index in [1.807, 2.05) is 0 Å². The van der Waals surface area contributed by atoms with Crippen LogP contribution in [0.5, 0.6) is 0 Å². The van der Waals surface area contributed by atoms with Crippen molar-refractivity contribution in [2.45, 2.75) is 18.7 Å². The first-order valence-corrected chi connectivity index (χ1v) is 7.09. The maximum atomic E-state index is 11.9. The highest BCUT2D eigenvalue weighted by Crippen LogP contribution is 2.44. The summed E-state index contributed by atoms with van der Waals surface area (Å²) in [6.07, 6.45) is 0. The lowest BCUT2D eigenvalue weighted by Crippen LogP contribution is -2.24. The summed E-state index contributed by atoms with van der Waals surface area (Å²) in [4.78, 5) is 11.4. The van der Waals surface area contributed by atoms with Crippen LogP contribution in [0.2, 0.25) is 5.02 Å². The zero-order chi connectivity index (χ0) is 13.7. The monoisotopic (exact) mass is 286 g/mol. The first-order chi connectivity index (χ1) is 8.16. The maximum Gasteiger partial charge on any atom is 0.313 e. The highest BCUT2D eigenvalue weighted by Gasteiger charge is 2.40. The molecule has 4 nitrogen and oxygen atoms in total. The van der Waals surface area contributed by atoms with Gasteiger partial charge in [0.15, 0.2) is 0 Å². The van der Waals surface area contributed by atoms with Gasteiger partial charge in [-0.25, -0.2) is 8.42 Å². The molecular formula is C12H11ClO4S. The average molecular weight is 287 g/mol. The molecule has 96 valence electrons. The van der Waals surface area contributed by atoms with Crippen molar-refractivity contribution in [3.8, 4) is 0 Å². The Balaban J connectivity index is 2.75. The van der Waals surface area contributed by atoms with Crippen LogP contribution in [0.1, 0.15) is 19.4 Å². The van der Waals surface area contributed by atoms with Crippen molar-refractivity contribution in [3.05, 3.63) is 34.2 Å². The molecule has 0 aliphatic carbocycles. The number of fused-ring (bicyclic) bond motifs is 1. The Morgan fingerprint density at radius 3 is 2.50 bits per heavy atom. The molecule has 6 heteroatoms. The van der Waals surface area contributed by atoms with Crippen LogP contribution in [-0.4, -0.2) is 19.5 Å². The number of halogens is 1. The second-order valence-electron chi connectivity index (χ2n) is 4.65. The summed E-state index contributed by atoms with van der Waals surface area (Å²) >= 11 is 5.84. The van der Waals surface area contributed by atoms with Gasteiger partial charge < -0.3 is 5.11 Å². The van der Waals surface area contributed by atoms with Gasteiger partial charge in [-0.1, -0.05) is 11.6 Å². The highest BCUT2D eigenvalue weighted by atomic mass is 35.5. The standard InChI is InChI=1S/C12H11ClO4S/c1-12(2,11(14)15)9-6-18(16,17)10-4-3-7(13)5-8(9)10/h3-6H,1-2H3,(H,14,15). The number of hydrogen-bond donors (Lipinski definition) is 1. The smallest absolute Gasteiger partial charge is 0.313 e. The third kappa shape index (κ3) is 1.83. The minimum atomic E-state index is -3.57. The number of benzene rings is 1. The molecule has 1 heterocycles. The van der Waals surface area contributed by atoms with Gasteiger partial charge in [-0.15, -0.1) is 0 Å². The first-order valence-electron chi connectivity index (χ1n) is 5.17. The van der Waals surface area contributed by atoms with E-state index in [1.54, 1.807) is 0 Å². The molecule has 0 bridgehead atoms. The quantitative estimate of drug-likeness (QED) is 0.907. The fourth-order valence-electron chi connectivity index (χ4n) is 1.84. The Morgan fingerprint density at radius 1 is 1.33 bits per heavy atom. The third-order valence-corrected chi connectivity index (χ3v) is 4.77.